The molecular formula is C25H27F2N3O4. The highest BCUT2D eigenvalue weighted by Gasteiger charge is 2.51. The van der Waals surface area contributed by atoms with Crippen LogP contribution in [-0.4, -0.2) is 47.0 Å². The first-order valence-corrected chi connectivity index (χ1v) is 11.4. The van der Waals surface area contributed by atoms with Crippen molar-refractivity contribution >= 4 is 11.6 Å². The number of nitrogens with zero attached hydrogens (tertiary/aromatic N) is 2. The van der Waals surface area contributed by atoms with Crippen LogP contribution in [0, 0.1) is 18.6 Å². The zero-order valence-electron chi connectivity index (χ0n) is 19.2. The molecule has 9 heteroatoms. The van der Waals surface area contributed by atoms with Gasteiger partial charge in [-0.05, 0) is 26.3 Å². The molecule has 1 aromatic carbocycles. The Morgan fingerprint density at radius 2 is 2.03 bits per heavy atom. The van der Waals surface area contributed by atoms with E-state index in [-0.39, 0.29) is 29.8 Å². The zero-order valence-corrected chi connectivity index (χ0v) is 19.2. The fourth-order valence-corrected chi connectivity index (χ4v) is 5.33. The van der Waals surface area contributed by atoms with Crippen LogP contribution in [0.1, 0.15) is 53.0 Å². The molecule has 2 saturated heterocycles. The fourth-order valence-electron chi connectivity index (χ4n) is 5.33. The van der Waals surface area contributed by atoms with E-state index in [1.807, 2.05) is 4.57 Å². The lowest BCUT2D eigenvalue weighted by Crippen LogP contribution is -2.49. The van der Waals surface area contributed by atoms with Gasteiger partial charge in [-0.3, -0.25) is 9.59 Å². The molecule has 3 aliphatic heterocycles. The SMILES string of the molecule is C=C1c2c(C)c(=O)c(C(=O)NCc3ccc(F)cc3F)cn2[C@@H]2CN1[C@@H](C)CCC21OCCO1. The molecule has 2 fully saturated rings. The number of carbonyl (C=O) groups excluding carboxylic acids is 1. The van der Waals surface area contributed by atoms with Crippen molar-refractivity contribution in [2.24, 2.45) is 0 Å². The molecule has 0 saturated carbocycles. The second-order valence-electron chi connectivity index (χ2n) is 9.18. The lowest BCUT2D eigenvalue weighted by Gasteiger charge is -2.44. The minimum Gasteiger partial charge on any atom is -0.365 e. The summed E-state index contributed by atoms with van der Waals surface area (Å²) in [5.41, 5.74) is 1.44. The maximum atomic E-state index is 14.0. The molecule has 1 aromatic heterocycles. The van der Waals surface area contributed by atoms with Crippen LogP contribution in [0.4, 0.5) is 8.78 Å². The summed E-state index contributed by atoms with van der Waals surface area (Å²) in [7, 11) is 0. The second kappa shape index (κ2) is 8.32. The van der Waals surface area contributed by atoms with Crippen LogP contribution in [0.5, 0.6) is 0 Å². The highest BCUT2D eigenvalue weighted by Crippen LogP contribution is 2.46. The molecule has 2 aromatic rings. The average Bonchev–Trinajstić information content (AvgIpc) is 3.24. The van der Waals surface area contributed by atoms with Gasteiger partial charge < -0.3 is 24.3 Å². The second-order valence-corrected chi connectivity index (χ2v) is 9.18. The molecule has 34 heavy (non-hydrogen) atoms. The van der Waals surface area contributed by atoms with Gasteiger partial charge >= 0.3 is 0 Å². The van der Waals surface area contributed by atoms with Crippen LogP contribution in [0.3, 0.4) is 0 Å². The predicted molar refractivity (Wildman–Crippen MR) is 121 cm³/mol. The van der Waals surface area contributed by atoms with Crippen molar-refractivity contribution in [1.29, 1.82) is 0 Å². The first kappa shape index (κ1) is 22.7. The standard InChI is InChI=1S/C25H27F2N3O4/c1-14-6-7-25(33-8-9-34-25)21-13-29(14)16(3)22-15(2)23(31)19(12-30(21)22)24(32)28-11-17-4-5-18(26)10-20(17)27/h4-5,10,12,14,21H,3,6-9,11,13H2,1-2H3,(H,28,32)/t14-,21+/m0/s1. The molecule has 180 valence electrons. The van der Waals surface area contributed by atoms with Gasteiger partial charge in [0.25, 0.3) is 5.91 Å². The van der Waals surface area contributed by atoms with E-state index in [0.29, 0.717) is 37.4 Å². The average molecular weight is 472 g/mol. The Morgan fingerprint density at radius 3 is 2.74 bits per heavy atom. The molecule has 4 heterocycles. The van der Waals surface area contributed by atoms with Gasteiger partial charge in [-0.1, -0.05) is 12.6 Å². The highest BCUT2D eigenvalue weighted by atomic mass is 19.1. The number of carbonyl (C=O) groups is 1. The van der Waals surface area contributed by atoms with Crippen molar-refractivity contribution in [2.45, 2.75) is 51.1 Å². The zero-order chi connectivity index (χ0) is 24.2. The number of benzene rings is 1. The third-order valence-corrected chi connectivity index (χ3v) is 7.22. The number of halogens is 2. The summed E-state index contributed by atoms with van der Waals surface area (Å²) in [6, 6.07) is 3.05. The molecule has 0 radical (unpaired) electrons. The molecule has 5 rings (SSSR count). The Hall–Kier alpha value is -3.04. The van der Waals surface area contributed by atoms with E-state index in [2.05, 4.69) is 23.7 Å². The van der Waals surface area contributed by atoms with Crippen LogP contribution in [-0.2, 0) is 16.0 Å². The number of pyridine rings is 1. The first-order chi connectivity index (χ1) is 16.2. The van der Waals surface area contributed by atoms with Gasteiger partial charge in [0, 0.05) is 48.9 Å². The van der Waals surface area contributed by atoms with Crippen LogP contribution < -0.4 is 10.7 Å². The number of hydrogen-bond donors (Lipinski definition) is 1. The van der Waals surface area contributed by atoms with Gasteiger partial charge in [-0.2, -0.15) is 0 Å². The molecule has 7 nitrogen and oxygen atoms in total. The minimum atomic E-state index is -0.842. The first-order valence-electron chi connectivity index (χ1n) is 11.4. The van der Waals surface area contributed by atoms with Crippen molar-refractivity contribution in [3.63, 3.8) is 0 Å². The quantitative estimate of drug-likeness (QED) is 0.745. The van der Waals surface area contributed by atoms with E-state index in [1.54, 1.807) is 6.92 Å². The summed E-state index contributed by atoms with van der Waals surface area (Å²) in [6.07, 6.45) is 3.06. The minimum absolute atomic E-state index is 0.0598. The third kappa shape index (κ3) is 3.54. The Bertz CT molecular complexity index is 1240. The van der Waals surface area contributed by atoms with Crippen LogP contribution in [0.2, 0.25) is 0 Å². The Labute approximate surface area is 196 Å². The summed E-state index contributed by atoms with van der Waals surface area (Å²) in [5, 5.41) is 2.59. The van der Waals surface area contributed by atoms with Crippen molar-refractivity contribution in [3.8, 4) is 0 Å². The molecule has 1 amide bonds. The van der Waals surface area contributed by atoms with Crippen molar-refractivity contribution in [2.75, 3.05) is 19.8 Å². The number of fused-ring (bicyclic) bond motifs is 5. The number of hydrogen-bond acceptors (Lipinski definition) is 5. The normalized spacial score (nSPS) is 23.1. The lowest BCUT2D eigenvalue weighted by molar-refractivity contribution is -0.192. The smallest absolute Gasteiger partial charge is 0.257 e. The number of nitrogens with one attached hydrogen (secondary N) is 1. The molecule has 0 aliphatic carbocycles. The maximum Gasteiger partial charge on any atom is 0.257 e. The molecule has 2 bridgehead atoms. The largest absolute Gasteiger partial charge is 0.365 e. The van der Waals surface area contributed by atoms with Crippen LogP contribution >= 0.6 is 0 Å². The molecule has 0 unspecified atom stereocenters. The summed E-state index contributed by atoms with van der Waals surface area (Å²) >= 11 is 0. The summed E-state index contributed by atoms with van der Waals surface area (Å²) in [5.74, 6) is -2.94. The number of amides is 1. The summed E-state index contributed by atoms with van der Waals surface area (Å²) in [6.45, 7) is 9.44. The van der Waals surface area contributed by atoms with Gasteiger partial charge in [-0.25, -0.2) is 8.78 Å². The number of ether oxygens (including phenoxy) is 2. The van der Waals surface area contributed by atoms with Gasteiger partial charge in [0.05, 0.1) is 24.6 Å². The third-order valence-electron chi connectivity index (χ3n) is 7.22. The van der Waals surface area contributed by atoms with E-state index >= 15 is 0 Å². The van der Waals surface area contributed by atoms with Crippen LogP contribution in [0.15, 0.2) is 35.8 Å². The molecule has 1 spiro atoms. The van der Waals surface area contributed by atoms with Crippen molar-refractivity contribution < 1.29 is 23.0 Å². The number of rotatable bonds is 3. The van der Waals surface area contributed by atoms with E-state index in [0.717, 1.165) is 24.3 Å². The molecule has 3 aliphatic rings. The monoisotopic (exact) mass is 471 g/mol. The molecule has 1 N–H and O–H groups in total. The number of aromatic nitrogens is 1. The van der Waals surface area contributed by atoms with Crippen molar-refractivity contribution in [3.05, 3.63) is 75.2 Å². The highest BCUT2D eigenvalue weighted by molar-refractivity contribution is 5.94. The topological polar surface area (TPSA) is 72.8 Å². The van der Waals surface area contributed by atoms with E-state index in [4.69, 9.17) is 9.47 Å². The van der Waals surface area contributed by atoms with E-state index in [1.165, 1.54) is 12.3 Å². The summed E-state index contributed by atoms with van der Waals surface area (Å²) < 4.78 is 41.3. The fraction of sp³-hybridized carbons (Fsp3) is 0.440. The van der Waals surface area contributed by atoms with Gasteiger partial charge in [0.2, 0.25) is 0 Å². The molecular weight excluding hydrogens is 444 g/mol. The Morgan fingerprint density at radius 1 is 1.29 bits per heavy atom. The van der Waals surface area contributed by atoms with Crippen molar-refractivity contribution in [1.82, 2.24) is 14.8 Å². The van der Waals surface area contributed by atoms with Crippen LogP contribution in [0.25, 0.3) is 5.70 Å². The van der Waals surface area contributed by atoms with Gasteiger partial charge in [-0.15, -0.1) is 0 Å². The molecule has 2 atom stereocenters. The lowest BCUT2D eigenvalue weighted by atomic mass is 9.97. The predicted octanol–water partition coefficient (Wildman–Crippen LogP) is 3.12. The maximum absolute atomic E-state index is 14.0. The summed E-state index contributed by atoms with van der Waals surface area (Å²) in [4.78, 5) is 28.4. The Kier molecular flexibility index (Phi) is 5.56. The van der Waals surface area contributed by atoms with Gasteiger partial charge in [0.1, 0.15) is 23.2 Å². The van der Waals surface area contributed by atoms with E-state index < -0.39 is 28.8 Å². The Balaban J connectivity index is 1.54. The van der Waals surface area contributed by atoms with E-state index in [9.17, 15) is 18.4 Å². The van der Waals surface area contributed by atoms with Gasteiger partial charge in [0.15, 0.2) is 11.2 Å².